The van der Waals surface area contributed by atoms with Gasteiger partial charge in [-0.2, -0.15) is 0 Å². The molecule has 0 aliphatic rings. The van der Waals surface area contributed by atoms with Crippen LogP contribution in [0.5, 0.6) is 23.1 Å². The Bertz CT molecular complexity index is 997. The van der Waals surface area contributed by atoms with Gasteiger partial charge in [-0.15, -0.1) is 0 Å². The number of nitrogens with one attached hydrogen (secondary N) is 1. The minimum Gasteiger partial charge on any atom is -0.497 e. The number of aryl methyl sites for hydroxylation is 1. The third-order valence-electron chi connectivity index (χ3n) is 3.96. The average Bonchev–Trinajstić information content (AvgIpc) is 2.75. The molecule has 0 aliphatic heterocycles. The average molecular weight is 411 g/mol. The first-order chi connectivity index (χ1) is 14.1. The second-order valence-electron chi connectivity index (χ2n) is 5.94. The monoisotopic (exact) mass is 411 g/mol. The lowest BCUT2D eigenvalue weighted by Crippen LogP contribution is -2.15. The van der Waals surface area contributed by atoms with Crippen molar-refractivity contribution in [3.05, 3.63) is 60.4 Å². The van der Waals surface area contributed by atoms with Crippen molar-refractivity contribution in [2.75, 3.05) is 25.3 Å². The summed E-state index contributed by atoms with van der Waals surface area (Å²) in [6.07, 6.45) is 3.12. The van der Waals surface area contributed by atoms with E-state index in [0.29, 0.717) is 33.8 Å². The van der Waals surface area contributed by atoms with E-state index in [1.165, 1.54) is 18.9 Å². The van der Waals surface area contributed by atoms with Gasteiger partial charge in [-0.25, -0.2) is 9.97 Å². The van der Waals surface area contributed by atoms with Crippen LogP contribution >= 0.6 is 11.8 Å². The molecular weight excluding hydrogens is 390 g/mol. The maximum atomic E-state index is 12.4. The number of thioether (sulfide) groups is 1. The van der Waals surface area contributed by atoms with E-state index in [-0.39, 0.29) is 11.7 Å². The highest BCUT2D eigenvalue weighted by Crippen LogP contribution is 2.32. The second kappa shape index (κ2) is 9.79. The van der Waals surface area contributed by atoms with Crippen LogP contribution in [0.25, 0.3) is 0 Å². The molecule has 29 heavy (non-hydrogen) atoms. The summed E-state index contributed by atoms with van der Waals surface area (Å²) in [4.78, 5) is 21.0. The lowest BCUT2D eigenvalue weighted by atomic mass is 10.2. The zero-order valence-corrected chi connectivity index (χ0v) is 17.2. The molecule has 8 heteroatoms. The van der Waals surface area contributed by atoms with Crippen molar-refractivity contribution in [2.24, 2.45) is 0 Å². The van der Waals surface area contributed by atoms with E-state index >= 15 is 0 Å². The summed E-state index contributed by atoms with van der Waals surface area (Å²) in [5.74, 6) is 2.16. The third kappa shape index (κ3) is 5.39. The van der Waals surface area contributed by atoms with Crippen molar-refractivity contribution in [1.29, 1.82) is 0 Å². The molecule has 7 nitrogen and oxygen atoms in total. The number of hydrogen-bond donors (Lipinski definition) is 1. The van der Waals surface area contributed by atoms with Crippen molar-refractivity contribution in [3.63, 3.8) is 0 Å². The molecule has 0 atom stereocenters. The molecule has 1 heterocycles. The molecule has 0 saturated heterocycles. The number of ether oxygens (including phenoxy) is 3. The molecule has 0 fully saturated rings. The Kier molecular flexibility index (Phi) is 6.91. The van der Waals surface area contributed by atoms with Gasteiger partial charge in [0.25, 0.3) is 5.88 Å². The third-order valence-corrected chi connectivity index (χ3v) is 4.92. The number of carbonyl (C=O) groups excluding carboxylic acids is 1. The number of nitrogens with zero attached hydrogens (tertiary/aromatic N) is 2. The summed E-state index contributed by atoms with van der Waals surface area (Å²) in [6, 6.07) is 12.8. The van der Waals surface area contributed by atoms with Crippen LogP contribution in [0.3, 0.4) is 0 Å². The molecular formula is C21H21N3O4S. The van der Waals surface area contributed by atoms with Gasteiger partial charge in [-0.3, -0.25) is 4.79 Å². The molecule has 1 amide bonds. The van der Waals surface area contributed by atoms with Crippen molar-refractivity contribution in [3.8, 4) is 23.1 Å². The maximum absolute atomic E-state index is 12.4. The summed E-state index contributed by atoms with van der Waals surface area (Å²) in [7, 11) is 3.11. The fourth-order valence-electron chi connectivity index (χ4n) is 2.48. The van der Waals surface area contributed by atoms with Gasteiger partial charge < -0.3 is 19.5 Å². The number of anilines is 1. The van der Waals surface area contributed by atoms with Crippen molar-refractivity contribution in [2.45, 2.75) is 11.9 Å². The first-order valence-electron chi connectivity index (χ1n) is 8.80. The molecule has 0 unspecified atom stereocenters. The van der Waals surface area contributed by atoms with Crippen LogP contribution < -0.4 is 19.5 Å². The molecule has 0 saturated carbocycles. The number of para-hydroxylation sites is 1. The maximum Gasteiger partial charge on any atom is 0.252 e. The summed E-state index contributed by atoms with van der Waals surface area (Å²) in [5, 5.41) is 3.37. The second-order valence-corrected chi connectivity index (χ2v) is 6.90. The van der Waals surface area contributed by atoms with E-state index in [1.54, 1.807) is 37.7 Å². The summed E-state index contributed by atoms with van der Waals surface area (Å²) >= 11 is 1.24. The van der Waals surface area contributed by atoms with Gasteiger partial charge in [0.2, 0.25) is 5.91 Å². The Morgan fingerprint density at radius 2 is 1.83 bits per heavy atom. The molecule has 2 aromatic carbocycles. The van der Waals surface area contributed by atoms with E-state index in [1.807, 2.05) is 31.2 Å². The Morgan fingerprint density at radius 1 is 1.03 bits per heavy atom. The van der Waals surface area contributed by atoms with Crippen LogP contribution in [-0.2, 0) is 4.79 Å². The molecule has 150 valence electrons. The molecule has 3 rings (SSSR count). The Balaban J connectivity index is 1.66. The van der Waals surface area contributed by atoms with Crippen molar-refractivity contribution >= 4 is 23.4 Å². The zero-order valence-electron chi connectivity index (χ0n) is 16.3. The highest BCUT2D eigenvalue weighted by atomic mass is 32.2. The SMILES string of the molecule is COc1ccc(NC(=O)CSc2nccnc2Oc2ccccc2C)c(OC)c1. The Hall–Kier alpha value is -3.26. The van der Waals surface area contributed by atoms with E-state index in [4.69, 9.17) is 14.2 Å². The van der Waals surface area contributed by atoms with E-state index in [2.05, 4.69) is 15.3 Å². The van der Waals surface area contributed by atoms with Crippen LogP contribution in [-0.4, -0.2) is 35.8 Å². The van der Waals surface area contributed by atoms with Crippen molar-refractivity contribution < 1.29 is 19.0 Å². The summed E-state index contributed by atoms with van der Waals surface area (Å²) in [5.41, 5.74) is 1.55. The van der Waals surface area contributed by atoms with E-state index in [9.17, 15) is 4.79 Å². The molecule has 0 bridgehead atoms. The minimum absolute atomic E-state index is 0.137. The van der Waals surface area contributed by atoms with Gasteiger partial charge in [0.05, 0.1) is 25.7 Å². The van der Waals surface area contributed by atoms with Gasteiger partial charge in [0.15, 0.2) is 5.03 Å². The minimum atomic E-state index is -0.203. The normalized spacial score (nSPS) is 10.3. The topological polar surface area (TPSA) is 82.6 Å². The van der Waals surface area contributed by atoms with Crippen LogP contribution in [0.4, 0.5) is 5.69 Å². The van der Waals surface area contributed by atoms with Gasteiger partial charge in [0, 0.05) is 18.5 Å². The van der Waals surface area contributed by atoms with E-state index < -0.39 is 0 Å². The van der Waals surface area contributed by atoms with Crippen molar-refractivity contribution in [1.82, 2.24) is 9.97 Å². The molecule has 3 aromatic rings. The van der Waals surface area contributed by atoms with Gasteiger partial charge in [0.1, 0.15) is 17.2 Å². The number of hydrogen-bond acceptors (Lipinski definition) is 7. The van der Waals surface area contributed by atoms with Gasteiger partial charge in [-0.05, 0) is 30.7 Å². The van der Waals surface area contributed by atoms with Gasteiger partial charge in [-0.1, -0.05) is 30.0 Å². The van der Waals surface area contributed by atoms with Crippen LogP contribution in [0.1, 0.15) is 5.56 Å². The fraction of sp³-hybridized carbons (Fsp3) is 0.190. The number of amides is 1. The summed E-state index contributed by atoms with van der Waals surface area (Å²) < 4.78 is 16.4. The molecule has 1 N–H and O–H groups in total. The molecule has 0 radical (unpaired) electrons. The molecule has 0 spiro atoms. The predicted molar refractivity (Wildman–Crippen MR) is 112 cm³/mol. The first-order valence-corrected chi connectivity index (χ1v) is 9.78. The standard InChI is InChI=1S/C21H21N3O4S/c1-14-6-4-5-7-17(14)28-20-21(23-11-10-22-20)29-13-19(25)24-16-9-8-15(26-2)12-18(16)27-3/h4-12H,13H2,1-3H3,(H,24,25). The number of benzene rings is 2. The lowest BCUT2D eigenvalue weighted by Gasteiger charge is -2.12. The molecule has 1 aromatic heterocycles. The molecule has 0 aliphatic carbocycles. The fourth-order valence-corrected chi connectivity index (χ4v) is 3.17. The predicted octanol–water partition coefficient (Wildman–Crippen LogP) is 4.33. The number of methoxy groups -OCH3 is 2. The first kappa shape index (κ1) is 20.5. The largest absolute Gasteiger partial charge is 0.497 e. The van der Waals surface area contributed by atoms with E-state index in [0.717, 1.165) is 5.56 Å². The van der Waals surface area contributed by atoms with Crippen LogP contribution in [0.15, 0.2) is 59.9 Å². The smallest absolute Gasteiger partial charge is 0.252 e. The number of carbonyl (C=O) groups is 1. The Labute approximate surface area is 173 Å². The zero-order chi connectivity index (χ0) is 20.6. The number of rotatable bonds is 8. The lowest BCUT2D eigenvalue weighted by molar-refractivity contribution is -0.113. The number of aromatic nitrogens is 2. The van der Waals surface area contributed by atoms with Crippen LogP contribution in [0, 0.1) is 6.92 Å². The Morgan fingerprint density at radius 3 is 2.59 bits per heavy atom. The quantitative estimate of drug-likeness (QED) is 0.553. The highest BCUT2D eigenvalue weighted by Gasteiger charge is 2.14. The summed E-state index contributed by atoms with van der Waals surface area (Å²) in [6.45, 7) is 1.95. The van der Waals surface area contributed by atoms with Gasteiger partial charge >= 0.3 is 0 Å². The highest BCUT2D eigenvalue weighted by molar-refractivity contribution is 8.00. The van der Waals surface area contributed by atoms with Crippen LogP contribution in [0.2, 0.25) is 0 Å².